The molecule has 6 heteroatoms. The van der Waals surface area contributed by atoms with E-state index < -0.39 is 0 Å². The van der Waals surface area contributed by atoms with Crippen LogP contribution in [0.3, 0.4) is 0 Å². The summed E-state index contributed by atoms with van der Waals surface area (Å²) >= 11 is 1.26. The molecule has 5 nitrogen and oxygen atoms in total. The van der Waals surface area contributed by atoms with E-state index in [4.69, 9.17) is 9.15 Å². The molecule has 2 aromatic carbocycles. The molecule has 3 rings (SSSR count). The van der Waals surface area contributed by atoms with Gasteiger partial charge in [0.2, 0.25) is 0 Å². The number of rotatable bonds is 7. The second-order valence-electron chi connectivity index (χ2n) is 6.94. The molecule has 3 aromatic rings. The number of carbonyl (C=O) groups is 1. The van der Waals surface area contributed by atoms with Crippen molar-refractivity contribution >= 4 is 17.5 Å². The Kier molecular flexibility index (Phi) is 6.19. The zero-order chi connectivity index (χ0) is 20.3. The SMILES string of the molecule is Cc1ccc(OCc2nnc(SC(C)C(=O)c3cc(C)c(C)cc3C)o2)cc1. The van der Waals surface area contributed by atoms with Crippen molar-refractivity contribution in [1.82, 2.24) is 10.2 Å². The Labute approximate surface area is 169 Å². The van der Waals surface area contributed by atoms with Crippen LogP contribution in [-0.2, 0) is 6.61 Å². The molecular weight excluding hydrogens is 372 g/mol. The molecule has 1 unspecified atom stereocenters. The summed E-state index contributed by atoms with van der Waals surface area (Å²) in [6, 6.07) is 11.8. The van der Waals surface area contributed by atoms with E-state index in [0.717, 1.165) is 22.4 Å². The predicted molar refractivity (Wildman–Crippen MR) is 110 cm³/mol. The molecule has 0 aliphatic carbocycles. The van der Waals surface area contributed by atoms with E-state index in [1.54, 1.807) is 0 Å². The van der Waals surface area contributed by atoms with Gasteiger partial charge in [0.05, 0.1) is 5.25 Å². The number of ether oxygens (including phenoxy) is 1. The van der Waals surface area contributed by atoms with E-state index in [0.29, 0.717) is 11.1 Å². The zero-order valence-electron chi connectivity index (χ0n) is 16.8. The van der Waals surface area contributed by atoms with Gasteiger partial charge >= 0.3 is 0 Å². The largest absolute Gasteiger partial charge is 0.484 e. The summed E-state index contributed by atoms with van der Waals surface area (Å²) in [5.74, 6) is 1.18. The van der Waals surface area contributed by atoms with Crippen LogP contribution in [0.25, 0.3) is 0 Å². The minimum atomic E-state index is -0.327. The van der Waals surface area contributed by atoms with Crippen LogP contribution >= 0.6 is 11.8 Å². The molecule has 0 aliphatic rings. The van der Waals surface area contributed by atoms with Crippen LogP contribution < -0.4 is 4.74 Å². The summed E-state index contributed by atoms with van der Waals surface area (Å²) in [5.41, 5.74) is 5.19. The Morgan fingerprint density at radius 2 is 1.71 bits per heavy atom. The molecule has 0 N–H and O–H groups in total. The lowest BCUT2D eigenvalue weighted by molar-refractivity contribution is 0.0993. The fraction of sp³-hybridized carbons (Fsp3) is 0.318. The average molecular weight is 397 g/mol. The summed E-state index contributed by atoms with van der Waals surface area (Å²) < 4.78 is 11.3. The highest BCUT2D eigenvalue weighted by molar-refractivity contribution is 8.00. The fourth-order valence-corrected chi connectivity index (χ4v) is 3.54. The summed E-state index contributed by atoms with van der Waals surface area (Å²) in [5, 5.41) is 8.07. The normalized spacial score (nSPS) is 12.0. The Hall–Kier alpha value is -2.60. The number of hydrogen-bond donors (Lipinski definition) is 0. The molecule has 1 atom stereocenters. The van der Waals surface area contributed by atoms with E-state index in [1.807, 2.05) is 71.0 Å². The van der Waals surface area contributed by atoms with Crippen molar-refractivity contribution in [3.05, 3.63) is 70.1 Å². The van der Waals surface area contributed by atoms with E-state index >= 15 is 0 Å². The monoisotopic (exact) mass is 396 g/mol. The molecule has 0 amide bonds. The number of aryl methyl sites for hydroxylation is 4. The van der Waals surface area contributed by atoms with Gasteiger partial charge in [-0.05, 0) is 69.5 Å². The molecule has 1 aromatic heterocycles. The maximum Gasteiger partial charge on any atom is 0.277 e. The van der Waals surface area contributed by atoms with Gasteiger partial charge < -0.3 is 9.15 Å². The third kappa shape index (κ3) is 4.81. The first kappa shape index (κ1) is 20.1. The third-order valence-electron chi connectivity index (χ3n) is 4.58. The topological polar surface area (TPSA) is 65.2 Å². The Morgan fingerprint density at radius 1 is 1.04 bits per heavy atom. The Balaban J connectivity index is 1.61. The van der Waals surface area contributed by atoms with Crippen molar-refractivity contribution in [3.63, 3.8) is 0 Å². The van der Waals surface area contributed by atoms with Crippen LogP contribution in [0.4, 0.5) is 0 Å². The van der Waals surface area contributed by atoms with E-state index in [-0.39, 0.29) is 17.6 Å². The van der Waals surface area contributed by atoms with Gasteiger partial charge in [-0.2, -0.15) is 0 Å². The van der Waals surface area contributed by atoms with Crippen LogP contribution in [0.2, 0.25) is 0 Å². The molecule has 146 valence electrons. The van der Waals surface area contributed by atoms with Crippen molar-refractivity contribution in [2.24, 2.45) is 0 Å². The second-order valence-corrected chi connectivity index (χ2v) is 8.23. The third-order valence-corrected chi connectivity index (χ3v) is 5.52. The number of ketones is 1. The molecule has 0 saturated carbocycles. The number of benzene rings is 2. The highest BCUT2D eigenvalue weighted by atomic mass is 32.2. The van der Waals surface area contributed by atoms with Crippen LogP contribution in [0.1, 0.15) is 45.4 Å². The predicted octanol–water partition coefficient (Wildman–Crippen LogP) is 5.25. The van der Waals surface area contributed by atoms with Gasteiger partial charge in [-0.3, -0.25) is 4.79 Å². The number of aromatic nitrogens is 2. The maximum absolute atomic E-state index is 12.8. The van der Waals surface area contributed by atoms with Gasteiger partial charge in [0, 0.05) is 5.56 Å². The lowest BCUT2D eigenvalue weighted by atomic mass is 9.97. The first-order chi connectivity index (χ1) is 13.3. The molecule has 0 bridgehead atoms. The highest BCUT2D eigenvalue weighted by Gasteiger charge is 2.21. The summed E-state index contributed by atoms with van der Waals surface area (Å²) in [7, 11) is 0. The zero-order valence-corrected chi connectivity index (χ0v) is 17.6. The summed E-state index contributed by atoms with van der Waals surface area (Å²) in [4.78, 5) is 12.8. The first-order valence-corrected chi connectivity index (χ1v) is 10.0. The van der Waals surface area contributed by atoms with Gasteiger partial charge in [0.1, 0.15) is 5.75 Å². The Bertz CT molecular complexity index is 980. The lowest BCUT2D eigenvalue weighted by Crippen LogP contribution is -2.15. The summed E-state index contributed by atoms with van der Waals surface area (Å²) in [6.45, 7) is 10.1. The van der Waals surface area contributed by atoms with E-state index in [9.17, 15) is 4.79 Å². The van der Waals surface area contributed by atoms with Gasteiger partial charge in [-0.25, -0.2) is 0 Å². The van der Waals surface area contributed by atoms with Crippen molar-refractivity contribution in [2.45, 2.75) is 51.7 Å². The van der Waals surface area contributed by atoms with Gasteiger partial charge in [0.25, 0.3) is 11.1 Å². The smallest absolute Gasteiger partial charge is 0.277 e. The molecule has 0 aliphatic heterocycles. The van der Waals surface area contributed by atoms with E-state index in [1.165, 1.54) is 22.9 Å². The lowest BCUT2D eigenvalue weighted by Gasteiger charge is -2.12. The molecule has 28 heavy (non-hydrogen) atoms. The standard InChI is InChI=1S/C22H24N2O3S/c1-13-6-8-18(9-7-13)26-12-20-23-24-22(27-20)28-17(5)21(25)19-11-15(3)14(2)10-16(19)4/h6-11,17H,12H2,1-5H3. The second kappa shape index (κ2) is 8.61. The number of carbonyl (C=O) groups excluding carboxylic acids is 1. The van der Waals surface area contributed by atoms with Crippen LogP contribution in [0, 0.1) is 27.7 Å². The first-order valence-electron chi connectivity index (χ1n) is 9.14. The minimum absolute atomic E-state index is 0.0567. The van der Waals surface area contributed by atoms with Crippen molar-refractivity contribution < 1.29 is 13.9 Å². The van der Waals surface area contributed by atoms with Crippen LogP contribution in [-0.4, -0.2) is 21.2 Å². The number of thioether (sulfide) groups is 1. The number of Topliss-reactive ketones (excluding diaryl/α,β-unsaturated/α-hetero) is 1. The maximum atomic E-state index is 12.8. The Morgan fingerprint density at radius 3 is 2.43 bits per heavy atom. The van der Waals surface area contributed by atoms with Crippen LogP contribution in [0.5, 0.6) is 5.75 Å². The fourth-order valence-electron chi connectivity index (χ4n) is 2.77. The molecular formula is C22H24N2O3S. The molecule has 0 spiro atoms. The molecule has 0 saturated heterocycles. The average Bonchev–Trinajstić information content (AvgIpc) is 3.11. The number of nitrogens with zero attached hydrogens (tertiary/aromatic N) is 2. The quantitative estimate of drug-likeness (QED) is 0.402. The van der Waals surface area contributed by atoms with Crippen molar-refractivity contribution in [3.8, 4) is 5.75 Å². The molecule has 0 fully saturated rings. The number of hydrogen-bond acceptors (Lipinski definition) is 6. The summed E-state index contributed by atoms with van der Waals surface area (Å²) in [6.07, 6.45) is 0. The van der Waals surface area contributed by atoms with Gasteiger partial charge in [-0.1, -0.05) is 35.5 Å². The van der Waals surface area contributed by atoms with Crippen molar-refractivity contribution in [1.29, 1.82) is 0 Å². The minimum Gasteiger partial charge on any atom is -0.484 e. The highest BCUT2D eigenvalue weighted by Crippen LogP contribution is 2.27. The van der Waals surface area contributed by atoms with E-state index in [2.05, 4.69) is 10.2 Å². The molecule has 0 radical (unpaired) electrons. The van der Waals surface area contributed by atoms with Crippen molar-refractivity contribution in [2.75, 3.05) is 0 Å². The molecule has 1 heterocycles. The van der Waals surface area contributed by atoms with Gasteiger partial charge in [0.15, 0.2) is 12.4 Å². The van der Waals surface area contributed by atoms with Gasteiger partial charge in [-0.15, -0.1) is 10.2 Å². The van der Waals surface area contributed by atoms with Crippen LogP contribution in [0.15, 0.2) is 46.0 Å².